The number of carbonyl (C=O) groups is 1. The molecule has 0 spiro atoms. The van der Waals surface area contributed by atoms with Crippen LogP contribution < -0.4 is 5.32 Å². The minimum atomic E-state index is -0.501. The van der Waals surface area contributed by atoms with Crippen molar-refractivity contribution >= 4 is 17.5 Å². The molecule has 104 valence electrons. The summed E-state index contributed by atoms with van der Waals surface area (Å²) in [6, 6.07) is 4.02. The van der Waals surface area contributed by atoms with Gasteiger partial charge in [0.2, 0.25) is 5.91 Å². The van der Waals surface area contributed by atoms with Crippen LogP contribution in [0.1, 0.15) is 12.0 Å². The largest absolute Gasteiger partial charge is 0.392 e. The highest BCUT2D eigenvalue weighted by molar-refractivity contribution is 6.31. The van der Waals surface area contributed by atoms with E-state index < -0.39 is 18.0 Å². The van der Waals surface area contributed by atoms with Crippen molar-refractivity contribution in [3.8, 4) is 0 Å². The monoisotopic (exact) mass is 286 g/mol. The van der Waals surface area contributed by atoms with Gasteiger partial charge in [-0.05, 0) is 18.6 Å². The van der Waals surface area contributed by atoms with E-state index >= 15 is 0 Å². The van der Waals surface area contributed by atoms with Gasteiger partial charge >= 0.3 is 0 Å². The number of nitrogens with zero attached hydrogens (tertiary/aromatic N) is 1. The summed E-state index contributed by atoms with van der Waals surface area (Å²) in [5.74, 6) is -0.595. The summed E-state index contributed by atoms with van der Waals surface area (Å²) in [5.41, 5.74) is 0.304. The summed E-state index contributed by atoms with van der Waals surface area (Å²) in [7, 11) is 1.59. The van der Waals surface area contributed by atoms with Crippen molar-refractivity contribution in [3.05, 3.63) is 34.6 Å². The molecule has 1 saturated heterocycles. The molecule has 1 aliphatic rings. The maximum atomic E-state index is 13.6. The summed E-state index contributed by atoms with van der Waals surface area (Å²) in [5, 5.41) is 12.6. The summed E-state index contributed by atoms with van der Waals surface area (Å²) in [6.07, 6.45) is -0.117. The maximum Gasteiger partial charge on any atom is 0.239 e. The SMILES string of the molecule is CN(Cc1c(F)cccc1Cl)C(=O)C1CC(O)CN1. The third kappa shape index (κ3) is 3.23. The highest BCUT2D eigenvalue weighted by Gasteiger charge is 2.30. The number of hydrogen-bond donors (Lipinski definition) is 2. The van der Waals surface area contributed by atoms with E-state index in [4.69, 9.17) is 11.6 Å². The number of hydrogen-bond acceptors (Lipinski definition) is 3. The number of aliphatic hydroxyl groups excluding tert-OH is 1. The van der Waals surface area contributed by atoms with Crippen molar-refractivity contribution < 1.29 is 14.3 Å². The predicted octanol–water partition coefficient (Wildman–Crippen LogP) is 1.16. The van der Waals surface area contributed by atoms with Gasteiger partial charge in [-0.15, -0.1) is 0 Å². The second kappa shape index (κ2) is 5.86. The van der Waals surface area contributed by atoms with Crippen molar-refractivity contribution in [1.29, 1.82) is 0 Å². The smallest absolute Gasteiger partial charge is 0.239 e. The van der Waals surface area contributed by atoms with Crippen LogP contribution in [-0.4, -0.2) is 41.7 Å². The van der Waals surface area contributed by atoms with Gasteiger partial charge in [-0.25, -0.2) is 4.39 Å². The van der Waals surface area contributed by atoms with E-state index in [1.54, 1.807) is 13.1 Å². The van der Waals surface area contributed by atoms with Gasteiger partial charge in [0.25, 0.3) is 0 Å². The predicted molar refractivity (Wildman–Crippen MR) is 70.3 cm³/mol. The van der Waals surface area contributed by atoms with E-state index in [1.165, 1.54) is 17.0 Å². The molecule has 2 rings (SSSR count). The molecular formula is C13H16ClFN2O2. The molecule has 1 aromatic rings. The second-order valence-corrected chi connectivity index (χ2v) is 5.15. The summed E-state index contributed by atoms with van der Waals surface area (Å²) < 4.78 is 13.6. The molecule has 2 unspecified atom stereocenters. The Balaban J connectivity index is 2.04. The Morgan fingerprint density at radius 3 is 2.95 bits per heavy atom. The van der Waals surface area contributed by atoms with E-state index in [2.05, 4.69) is 5.32 Å². The number of β-amino-alcohol motifs (C(OH)–C–C–N with tert-alkyl or cyclic N) is 1. The summed E-state index contributed by atoms with van der Waals surface area (Å²) >= 11 is 5.93. The van der Waals surface area contributed by atoms with Gasteiger partial charge in [0.05, 0.1) is 12.1 Å². The number of halogens is 2. The minimum Gasteiger partial charge on any atom is -0.392 e. The lowest BCUT2D eigenvalue weighted by Gasteiger charge is -2.22. The molecule has 0 aliphatic carbocycles. The topological polar surface area (TPSA) is 52.6 Å². The highest BCUT2D eigenvalue weighted by atomic mass is 35.5. The Kier molecular flexibility index (Phi) is 4.39. The van der Waals surface area contributed by atoms with Crippen molar-refractivity contribution in [2.45, 2.75) is 25.1 Å². The van der Waals surface area contributed by atoms with E-state index in [9.17, 15) is 14.3 Å². The number of carbonyl (C=O) groups excluding carboxylic acids is 1. The molecular weight excluding hydrogens is 271 g/mol. The fraction of sp³-hybridized carbons (Fsp3) is 0.462. The zero-order valence-electron chi connectivity index (χ0n) is 10.6. The molecule has 0 radical (unpaired) electrons. The van der Waals surface area contributed by atoms with E-state index in [-0.39, 0.29) is 12.5 Å². The highest BCUT2D eigenvalue weighted by Crippen LogP contribution is 2.21. The number of rotatable bonds is 3. The average Bonchev–Trinajstić information content (AvgIpc) is 2.79. The Morgan fingerprint density at radius 1 is 1.63 bits per heavy atom. The maximum absolute atomic E-state index is 13.6. The first kappa shape index (κ1) is 14.2. The number of aliphatic hydroxyl groups is 1. The normalized spacial score (nSPS) is 22.5. The molecule has 1 aliphatic heterocycles. The number of likely N-dealkylation sites (N-methyl/N-ethyl adjacent to an activating group) is 1. The van der Waals surface area contributed by atoms with Crippen LogP contribution in [0.25, 0.3) is 0 Å². The van der Waals surface area contributed by atoms with Crippen LogP contribution in [0, 0.1) is 5.82 Å². The lowest BCUT2D eigenvalue weighted by Crippen LogP contribution is -2.41. The van der Waals surface area contributed by atoms with Gasteiger partial charge in [0, 0.05) is 30.7 Å². The minimum absolute atomic E-state index is 0.110. The zero-order chi connectivity index (χ0) is 14.0. The number of amides is 1. The molecule has 0 bridgehead atoms. The summed E-state index contributed by atoms with van der Waals surface area (Å²) in [4.78, 5) is 13.5. The first-order valence-corrected chi connectivity index (χ1v) is 6.46. The Labute approximate surface area is 116 Å². The molecule has 1 aromatic carbocycles. The van der Waals surface area contributed by atoms with Crippen LogP contribution in [0.5, 0.6) is 0 Å². The van der Waals surface area contributed by atoms with E-state index in [0.29, 0.717) is 23.6 Å². The van der Waals surface area contributed by atoms with Gasteiger partial charge < -0.3 is 15.3 Å². The van der Waals surface area contributed by atoms with Crippen molar-refractivity contribution in [3.63, 3.8) is 0 Å². The van der Waals surface area contributed by atoms with Gasteiger partial charge in [0.1, 0.15) is 5.82 Å². The standard InChI is InChI=1S/C13H16ClFN2O2/c1-17(13(19)12-5-8(18)6-16-12)7-9-10(14)3-2-4-11(9)15/h2-4,8,12,16,18H,5-7H2,1H3. The van der Waals surface area contributed by atoms with Gasteiger partial charge in [0.15, 0.2) is 0 Å². The molecule has 2 N–H and O–H groups in total. The zero-order valence-corrected chi connectivity index (χ0v) is 11.3. The average molecular weight is 287 g/mol. The molecule has 0 saturated carbocycles. The van der Waals surface area contributed by atoms with Gasteiger partial charge in [-0.1, -0.05) is 17.7 Å². The Morgan fingerprint density at radius 2 is 2.37 bits per heavy atom. The number of nitrogens with one attached hydrogen (secondary N) is 1. The van der Waals surface area contributed by atoms with Crippen LogP contribution >= 0.6 is 11.6 Å². The van der Waals surface area contributed by atoms with Gasteiger partial charge in [-0.2, -0.15) is 0 Å². The molecule has 0 aromatic heterocycles. The van der Waals surface area contributed by atoms with Crippen LogP contribution in [0.3, 0.4) is 0 Å². The lowest BCUT2D eigenvalue weighted by molar-refractivity contribution is -0.132. The first-order valence-electron chi connectivity index (χ1n) is 6.08. The van der Waals surface area contributed by atoms with Gasteiger partial charge in [-0.3, -0.25) is 4.79 Å². The van der Waals surface area contributed by atoms with Crippen molar-refractivity contribution in [2.24, 2.45) is 0 Å². The lowest BCUT2D eigenvalue weighted by atomic mass is 10.1. The summed E-state index contributed by atoms with van der Waals surface area (Å²) in [6.45, 7) is 0.517. The first-order chi connectivity index (χ1) is 8.99. The van der Waals surface area contributed by atoms with Crippen molar-refractivity contribution in [2.75, 3.05) is 13.6 Å². The fourth-order valence-corrected chi connectivity index (χ4v) is 2.39. The van der Waals surface area contributed by atoms with Crippen molar-refractivity contribution in [1.82, 2.24) is 10.2 Å². The third-order valence-corrected chi connectivity index (χ3v) is 3.59. The molecule has 4 nitrogen and oxygen atoms in total. The Hall–Kier alpha value is -1.17. The molecule has 6 heteroatoms. The molecule has 1 fully saturated rings. The van der Waals surface area contributed by atoms with Crippen LogP contribution in [0.4, 0.5) is 4.39 Å². The Bertz CT molecular complexity index is 463. The van der Waals surface area contributed by atoms with Crippen LogP contribution in [0.2, 0.25) is 5.02 Å². The fourth-order valence-electron chi connectivity index (χ4n) is 2.17. The van der Waals surface area contributed by atoms with E-state index in [1.807, 2.05) is 0 Å². The van der Waals surface area contributed by atoms with Crippen LogP contribution in [-0.2, 0) is 11.3 Å². The molecule has 1 heterocycles. The second-order valence-electron chi connectivity index (χ2n) is 4.74. The molecule has 2 atom stereocenters. The third-order valence-electron chi connectivity index (χ3n) is 3.24. The van der Waals surface area contributed by atoms with E-state index in [0.717, 1.165) is 0 Å². The number of benzene rings is 1. The quantitative estimate of drug-likeness (QED) is 0.877. The molecule has 19 heavy (non-hydrogen) atoms. The van der Waals surface area contributed by atoms with Crippen LogP contribution in [0.15, 0.2) is 18.2 Å². The molecule has 1 amide bonds.